The van der Waals surface area contributed by atoms with Crippen LogP contribution in [0.3, 0.4) is 0 Å². The van der Waals surface area contributed by atoms with E-state index in [0.29, 0.717) is 41.4 Å². The quantitative estimate of drug-likeness (QED) is 0.420. The Morgan fingerprint density at radius 1 is 1.17 bits per heavy atom. The third kappa shape index (κ3) is 5.99. The molecule has 0 aromatic heterocycles. The summed E-state index contributed by atoms with van der Waals surface area (Å²) in [5.41, 5.74) is 1.67. The van der Waals surface area contributed by atoms with Crippen LogP contribution in [0.5, 0.6) is 11.5 Å². The highest BCUT2D eigenvalue weighted by atomic mass is 19.4. The van der Waals surface area contributed by atoms with Crippen molar-refractivity contribution in [1.29, 1.82) is 0 Å². The molecule has 0 unspecified atom stereocenters. The molecular weight excluding hydrogens is 406 g/mol. The maximum Gasteiger partial charge on any atom is 0.573 e. The summed E-state index contributed by atoms with van der Waals surface area (Å²) in [6.07, 6.45) is -4.32. The Morgan fingerprint density at radius 2 is 1.97 bits per heavy atom. The largest absolute Gasteiger partial charge is 0.573 e. The van der Waals surface area contributed by atoms with E-state index < -0.39 is 6.36 Å². The second-order valence-corrected chi connectivity index (χ2v) is 6.42. The first kappa shape index (κ1) is 21.7. The van der Waals surface area contributed by atoms with E-state index in [1.165, 1.54) is 37.4 Å². The molecule has 0 amide bonds. The van der Waals surface area contributed by atoms with Gasteiger partial charge in [-0.2, -0.15) is 0 Å². The number of fused-ring (bicyclic) bond motifs is 1. The van der Waals surface area contributed by atoms with Crippen molar-refractivity contribution in [2.45, 2.75) is 25.9 Å². The second-order valence-electron chi connectivity index (χ2n) is 6.42. The maximum absolute atomic E-state index is 13.8. The lowest BCUT2D eigenvalue weighted by atomic mass is 10.1. The van der Waals surface area contributed by atoms with Gasteiger partial charge in [0.2, 0.25) is 0 Å². The summed E-state index contributed by atoms with van der Waals surface area (Å²) < 4.78 is 66.1. The van der Waals surface area contributed by atoms with Crippen molar-refractivity contribution in [3.05, 3.63) is 58.9 Å². The van der Waals surface area contributed by atoms with Gasteiger partial charge in [0, 0.05) is 31.3 Å². The average molecular weight is 427 g/mol. The van der Waals surface area contributed by atoms with Crippen molar-refractivity contribution >= 4 is 5.96 Å². The summed E-state index contributed by atoms with van der Waals surface area (Å²) >= 11 is 0. The van der Waals surface area contributed by atoms with Gasteiger partial charge in [0.1, 0.15) is 17.3 Å². The number of hydrogen-bond acceptors (Lipinski definition) is 4. The summed E-state index contributed by atoms with van der Waals surface area (Å²) in [4.78, 5) is 4.05. The predicted octanol–water partition coefficient (Wildman–Crippen LogP) is 3.50. The molecule has 2 N–H and O–H groups in total. The van der Waals surface area contributed by atoms with Gasteiger partial charge in [0.15, 0.2) is 12.8 Å². The third-order valence-electron chi connectivity index (χ3n) is 4.31. The zero-order valence-electron chi connectivity index (χ0n) is 16.2. The molecule has 0 aliphatic carbocycles. The first-order valence-electron chi connectivity index (χ1n) is 9.15. The summed E-state index contributed by atoms with van der Waals surface area (Å²) in [6, 6.07) is 8.65. The fourth-order valence-corrected chi connectivity index (χ4v) is 3.03. The van der Waals surface area contributed by atoms with Crippen LogP contribution >= 0.6 is 0 Å². The Kier molecular flexibility index (Phi) is 6.99. The number of ether oxygens (including phenoxy) is 3. The molecule has 0 spiro atoms. The van der Waals surface area contributed by atoms with Crippen molar-refractivity contribution in [3.8, 4) is 11.5 Å². The van der Waals surface area contributed by atoms with Crippen molar-refractivity contribution in [2.75, 3.05) is 20.4 Å². The molecule has 6 nitrogen and oxygen atoms in total. The van der Waals surface area contributed by atoms with E-state index in [2.05, 4.69) is 20.4 Å². The number of halogens is 4. The normalized spacial score (nSPS) is 14.0. The zero-order chi connectivity index (χ0) is 21.6. The second kappa shape index (κ2) is 9.66. The van der Waals surface area contributed by atoms with Crippen LogP contribution in [0.25, 0.3) is 0 Å². The van der Waals surface area contributed by atoms with E-state index in [0.717, 1.165) is 0 Å². The summed E-state index contributed by atoms with van der Waals surface area (Å²) in [6.45, 7) is 0.875. The molecule has 0 bridgehead atoms. The van der Waals surface area contributed by atoms with Gasteiger partial charge in [0.05, 0.1) is 6.61 Å². The Balaban J connectivity index is 1.56. The van der Waals surface area contributed by atoms with Crippen LogP contribution < -0.4 is 20.1 Å². The lowest BCUT2D eigenvalue weighted by Gasteiger charge is -2.21. The van der Waals surface area contributed by atoms with Crippen molar-refractivity contribution in [3.63, 3.8) is 0 Å². The molecule has 0 fully saturated rings. The molecule has 2 aromatic carbocycles. The van der Waals surface area contributed by atoms with Crippen LogP contribution in [0.15, 0.2) is 41.4 Å². The molecule has 30 heavy (non-hydrogen) atoms. The zero-order valence-corrected chi connectivity index (χ0v) is 16.2. The Bertz CT molecular complexity index is 903. The summed E-state index contributed by atoms with van der Waals surface area (Å²) in [7, 11) is 1.54. The van der Waals surface area contributed by atoms with Crippen LogP contribution in [0, 0.1) is 5.82 Å². The van der Waals surface area contributed by atoms with E-state index in [1.54, 1.807) is 6.07 Å². The number of nitrogens with zero attached hydrogens (tertiary/aromatic N) is 1. The fourth-order valence-electron chi connectivity index (χ4n) is 3.03. The van der Waals surface area contributed by atoms with Gasteiger partial charge in [-0.05, 0) is 30.2 Å². The van der Waals surface area contributed by atoms with E-state index in [1.807, 2.05) is 0 Å². The van der Waals surface area contributed by atoms with Crippen LogP contribution in [0.2, 0.25) is 0 Å². The van der Waals surface area contributed by atoms with Gasteiger partial charge in [-0.25, -0.2) is 4.39 Å². The minimum Gasteiger partial charge on any atom is -0.467 e. The van der Waals surface area contributed by atoms with Gasteiger partial charge >= 0.3 is 6.36 Å². The predicted molar refractivity (Wildman–Crippen MR) is 102 cm³/mol. The van der Waals surface area contributed by atoms with Crippen molar-refractivity contribution < 1.29 is 31.8 Å². The molecule has 0 radical (unpaired) electrons. The first-order valence-corrected chi connectivity index (χ1v) is 9.15. The van der Waals surface area contributed by atoms with Crippen LogP contribution in [-0.2, 0) is 24.3 Å². The molecule has 0 atom stereocenters. The molecule has 0 saturated carbocycles. The smallest absolute Gasteiger partial charge is 0.467 e. The first-order chi connectivity index (χ1) is 14.4. The summed E-state index contributed by atoms with van der Waals surface area (Å²) in [5.74, 6) is 0.345. The minimum atomic E-state index is -4.77. The Hall–Kier alpha value is -3.01. The molecule has 3 rings (SSSR count). The standard InChI is InChI=1S/C20H21F4N3O3/c1-25-19(27-10-14-4-2-3-5-17(14)30-20(22,23)24)26-7-6-13-8-16(21)9-15-11-28-12-29-18(13)15/h2-5,8-9H,6-7,10-12H2,1H3,(H2,25,26,27). The number of benzene rings is 2. The number of nitrogens with one attached hydrogen (secondary N) is 2. The number of aliphatic imine (C=N–C) groups is 1. The molecule has 1 aliphatic rings. The molecular formula is C20H21F4N3O3. The van der Waals surface area contributed by atoms with Gasteiger partial charge < -0.3 is 24.8 Å². The SMILES string of the molecule is CN=C(NCCc1cc(F)cc2c1OCOC2)NCc1ccccc1OC(F)(F)F. The van der Waals surface area contributed by atoms with Crippen LogP contribution in [0.4, 0.5) is 17.6 Å². The van der Waals surface area contributed by atoms with Gasteiger partial charge in [-0.1, -0.05) is 18.2 Å². The van der Waals surface area contributed by atoms with Gasteiger partial charge in [-0.3, -0.25) is 4.99 Å². The van der Waals surface area contributed by atoms with Gasteiger partial charge in [0.25, 0.3) is 0 Å². The average Bonchev–Trinajstić information content (AvgIpc) is 2.70. The van der Waals surface area contributed by atoms with Crippen LogP contribution in [-0.4, -0.2) is 32.7 Å². The molecule has 162 valence electrons. The van der Waals surface area contributed by atoms with E-state index in [4.69, 9.17) is 9.47 Å². The van der Waals surface area contributed by atoms with Crippen molar-refractivity contribution in [1.82, 2.24) is 10.6 Å². The lowest BCUT2D eigenvalue weighted by molar-refractivity contribution is -0.274. The molecule has 0 saturated heterocycles. The third-order valence-corrected chi connectivity index (χ3v) is 4.31. The monoisotopic (exact) mass is 427 g/mol. The highest BCUT2D eigenvalue weighted by Crippen LogP contribution is 2.29. The fraction of sp³-hybridized carbons (Fsp3) is 0.350. The molecule has 1 heterocycles. The minimum absolute atomic E-state index is 0.0712. The van der Waals surface area contributed by atoms with E-state index in [-0.39, 0.29) is 31.5 Å². The number of para-hydroxylation sites is 1. The Morgan fingerprint density at radius 3 is 2.73 bits per heavy atom. The number of rotatable bonds is 6. The topological polar surface area (TPSA) is 64.1 Å². The number of alkyl halides is 3. The Labute approximate surface area is 170 Å². The van der Waals surface area contributed by atoms with Gasteiger partial charge in [-0.15, -0.1) is 13.2 Å². The van der Waals surface area contributed by atoms with Crippen LogP contribution in [0.1, 0.15) is 16.7 Å². The summed E-state index contributed by atoms with van der Waals surface area (Å²) in [5, 5.41) is 5.99. The van der Waals surface area contributed by atoms with Crippen molar-refractivity contribution in [2.24, 2.45) is 4.99 Å². The number of guanidine groups is 1. The molecule has 2 aromatic rings. The highest BCUT2D eigenvalue weighted by molar-refractivity contribution is 5.79. The van der Waals surface area contributed by atoms with E-state index in [9.17, 15) is 17.6 Å². The molecule has 1 aliphatic heterocycles. The highest BCUT2D eigenvalue weighted by Gasteiger charge is 2.31. The molecule has 10 heteroatoms. The van der Waals surface area contributed by atoms with E-state index >= 15 is 0 Å². The lowest BCUT2D eigenvalue weighted by Crippen LogP contribution is -2.38. The maximum atomic E-state index is 13.8. The number of hydrogen-bond donors (Lipinski definition) is 2.